The van der Waals surface area contributed by atoms with Gasteiger partial charge in [0.15, 0.2) is 14.9 Å². The minimum atomic E-state index is -3.19. The lowest BCUT2D eigenvalue weighted by Crippen LogP contribution is -2.16. The fourth-order valence-corrected chi connectivity index (χ4v) is 3.22. The molecule has 0 atom stereocenters. The molecule has 1 aromatic heterocycles. The number of sulfone groups is 1. The number of hydrogen-bond donors (Lipinski definition) is 0. The van der Waals surface area contributed by atoms with Crippen LogP contribution in [0.2, 0.25) is 0 Å². The molecule has 1 rings (SSSR count). The van der Waals surface area contributed by atoms with Crippen molar-refractivity contribution in [3.63, 3.8) is 0 Å². The standard InChI is InChI=1S/C11H17NO2S/c1-3-10(4-2)9-15(13,14)11-7-5-6-8-12-11/h5-8,10H,3-4,9H2,1-2H3. The maximum absolute atomic E-state index is 11.9. The second kappa shape index (κ2) is 5.26. The van der Waals surface area contributed by atoms with Crippen LogP contribution < -0.4 is 0 Å². The Morgan fingerprint density at radius 2 is 1.93 bits per heavy atom. The Balaban J connectivity index is 2.85. The van der Waals surface area contributed by atoms with Crippen molar-refractivity contribution in [2.75, 3.05) is 5.75 Å². The predicted molar refractivity (Wildman–Crippen MR) is 60.4 cm³/mol. The monoisotopic (exact) mass is 227 g/mol. The molecular formula is C11H17NO2S. The summed E-state index contributed by atoms with van der Waals surface area (Å²) in [7, 11) is -3.19. The van der Waals surface area contributed by atoms with E-state index >= 15 is 0 Å². The van der Waals surface area contributed by atoms with E-state index in [4.69, 9.17) is 0 Å². The van der Waals surface area contributed by atoms with Crippen molar-refractivity contribution >= 4 is 9.84 Å². The maximum Gasteiger partial charge on any atom is 0.195 e. The molecule has 0 unspecified atom stereocenters. The third-order valence-corrected chi connectivity index (χ3v) is 4.36. The summed E-state index contributed by atoms with van der Waals surface area (Å²) in [6.07, 6.45) is 3.30. The minimum Gasteiger partial charge on any atom is -0.245 e. The van der Waals surface area contributed by atoms with Gasteiger partial charge in [0.1, 0.15) is 0 Å². The van der Waals surface area contributed by atoms with Crippen molar-refractivity contribution in [2.45, 2.75) is 31.7 Å². The van der Waals surface area contributed by atoms with Crippen LogP contribution in [0, 0.1) is 5.92 Å². The first-order chi connectivity index (χ1) is 7.10. The van der Waals surface area contributed by atoms with Gasteiger partial charge in [-0.25, -0.2) is 13.4 Å². The molecule has 0 aliphatic heterocycles. The van der Waals surface area contributed by atoms with Gasteiger partial charge >= 0.3 is 0 Å². The average molecular weight is 227 g/mol. The van der Waals surface area contributed by atoms with E-state index in [2.05, 4.69) is 4.98 Å². The Kier molecular flexibility index (Phi) is 4.27. The number of aromatic nitrogens is 1. The second-order valence-electron chi connectivity index (χ2n) is 3.63. The van der Waals surface area contributed by atoms with Crippen molar-refractivity contribution < 1.29 is 8.42 Å². The Bertz CT molecular complexity index is 382. The molecule has 0 bridgehead atoms. The summed E-state index contributed by atoms with van der Waals surface area (Å²) in [5.74, 6) is 0.439. The van der Waals surface area contributed by atoms with Crippen molar-refractivity contribution in [1.29, 1.82) is 0 Å². The summed E-state index contributed by atoms with van der Waals surface area (Å²) in [6.45, 7) is 4.03. The van der Waals surface area contributed by atoms with Crippen LogP contribution in [0.1, 0.15) is 26.7 Å². The largest absolute Gasteiger partial charge is 0.245 e. The van der Waals surface area contributed by atoms with Crippen LogP contribution in [0.25, 0.3) is 0 Å². The lowest BCUT2D eigenvalue weighted by molar-refractivity contribution is 0.522. The Morgan fingerprint density at radius 1 is 1.27 bits per heavy atom. The van der Waals surface area contributed by atoms with Gasteiger partial charge < -0.3 is 0 Å². The van der Waals surface area contributed by atoms with Crippen molar-refractivity contribution in [3.05, 3.63) is 24.4 Å². The summed E-state index contributed by atoms with van der Waals surface area (Å²) in [4.78, 5) is 3.88. The molecule has 0 spiro atoms. The van der Waals surface area contributed by atoms with Gasteiger partial charge in [-0.05, 0) is 18.1 Å². The van der Waals surface area contributed by atoms with Gasteiger partial charge in [0.2, 0.25) is 0 Å². The predicted octanol–water partition coefficient (Wildman–Crippen LogP) is 2.29. The fraction of sp³-hybridized carbons (Fsp3) is 0.545. The van der Waals surface area contributed by atoms with Gasteiger partial charge in [0.25, 0.3) is 0 Å². The Morgan fingerprint density at radius 3 is 2.40 bits per heavy atom. The third-order valence-electron chi connectivity index (χ3n) is 2.57. The molecule has 0 aliphatic rings. The van der Waals surface area contributed by atoms with Gasteiger partial charge in [-0.2, -0.15) is 0 Å². The minimum absolute atomic E-state index is 0.192. The number of pyridine rings is 1. The maximum atomic E-state index is 11.9. The summed E-state index contributed by atoms with van der Waals surface area (Å²) in [5.41, 5.74) is 0. The van der Waals surface area contributed by atoms with Crippen molar-refractivity contribution in [2.24, 2.45) is 5.92 Å². The van der Waals surface area contributed by atoms with E-state index in [1.165, 1.54) is 6.20 Å². The van der Waals surface area contributed by atoms with E-state index in [1.54, 1.807) is 18.2 Å². The lowest BCUT2D eigenvalue weighted by Gasteiger charge is -2.11. The first-order valence-electron chi connectivity index (χ1n) is 5.24. The van der Waals surface area contributed by atoms with Crippen LogP contribution >= 0.6 is 0 Å². The van der Waals surface area contributed by atoms with Crippen molar-refractivity contribution in [3.8, 4) is 0 Å². The first-order valence-corrected chi connectivity index (χ1v) is 6.89. The quantitative estimate of drug-likeness (QED) is 0.775. The SMILES string of the molecule is CCC(CC)CS(=O)(=O)c1ccccn1. The second-order valence-corrected chi connectivity index (χ2v) is 5.61. The number of hydrogen-bond acceptors (Lipinski definition) is 3. The smallest absolute Gasteiger partial charge is 0.195 e. The molecular weight excluding hydrogens is 210 g/mol. The van der Waals surface area contributed by atoms with Gasteiger partial charge in [0.05, 0.1) is 5.75 Å². The lowest BCUT2D eigenvalue weighted by atomic mass is 10.1. The number of nitrogens with zero attached hydrogens (tertiary/aromatic N) is 1. The van der Waals surface area contributed by atoms with E-state index in [0.29, 0.717) is 0 Å². The van der Waals surface area contributed by atoms with E-state index in [9.17, 15) is 8.42 Å². The van der Waals surface area contributed by atoms with Gasteiger partial charge in [-0.15, -0.1) is 0 Å². The highest BCUT2D eigenvalue weighted by Crippen LogP contribution is 2.15. The van der Waals surface area contributed by atoms with Crippen LogP contribution in [0.15, 0.2) is 29.4 Å². The molecule has 1 aromatic rings. The molecule has 0 aliphatic carbocycles. The highest BCUT2D eigenvalue weighted by Gasteiger charge is 2.19. The van der Waals surface area contributed by atoms with Crippen molar-refractivity contribution in [1.82, 2.24) is 4.98 Å². The summed E-state index contributed by atoms with van der Waals surface area (Å²) in [6, 6.07) is 4.97. The van der Waals surface area contributed by atoms with Crippen LogP contribution in [0.3, 0.4) is 0 Å². The molecule has 0 fully saturated rings. The molecule has 0 aromatic carbocycles. The topological polar surface area (TPSA) is 47.0 Å². The third kappa shape index (κ3) is 3.30. The molecule has 0 N–H and O–H groups in total. The zero-order valence-corrected chi connectivity index (χ0v) is 10.00. The summed E-state index contributed by atoms with van der Waals surface area (Å²) >= 11 is 0. The van der Waals surface area contributed by atoms with Gasteiger partial charge in [0, 0.05) is 6.20 Å². The van der Waals surface area contributed by atoms with E-state index in [1.807, 2.05) is 13.8 Å². The molecule has 0 saturated carbocycles. The van der Waals surface area contributed by atoms with Gasteiger partial charge in [-0.3, -0.25) is 0 Å². The molecule has 15 heavy (non-hydrogen) atoms. The number of rotatable bonds is 5. The Labute approximate surface area is 91.5 Å². The average Bonchev–Trinajstić information content (AvgIpc) is 2.27. The van der Waals surface area contributed by atoms with E-state index in [0.717, 1.165) is 12.8 Å². The van der Waals surface area contributed by atoms with Crippen LogP contribution in [-0.4, -0.2) is 19.2 Å². The van der Waals surface area contributed by atoms with E-state index < -0.39 is 9.84 Å². The molecule has 3 nitrogen and oxygen atoms in total. The highest BCUT2D eigenvalue weighted by molar-refractivity contribution is 7.91. The van der Waals surface area contributed by atoms with Crippen LogP contribution in [-0.2, 0) is 9.84 Å². The normalized spacial score (nSPS) is 11.9. The molecule has 0 saturated heterocycles. The molecule has 0 radical (unpaired) electrons. The summed E-state index contributed by atoms with van der Waals surface area (Å²) < 4.78 is 23.8. The molecule has 84 valence electrons. The molecule has 0 amide bonds. The molecule has 4 heteroatoms. The zero-order valence-electron chi connectivity index (χ0n) is 9.18. The Hall–Kier alpha value is -0.900. The van der Waals surface area contributed by atoms with Gasteiger partial charge in [-0.1, -0.05) is 32.8 Å². The summed E-state index contributed by atoms with van der Waals surface area (Å²) in [5, 5.41) is 0.192. The molecule has 1 heterocycles. The van der Waals surface area contributed by atoms with Crippen LogP contribution in [0.5, 0.6) is 0 Å². The van der Waals surface area contributed by atoms with E-state index in [-0.39, 0.29) is 16.7 Å². The van der Waals surface area contributed by atoms with Crippen LogP contribution in [0.4, 0.5) is 0 Å². The zero-order chi connectivity index (χ0) is 11.3. The first kappa shape index (κ1) is 12.2. The fourth-order valence-electron chi connectivity index (χ4n) is 1.45. The highest BCUT2D eigenvalue weighted by atomic mass is 32.2.